The van der Waals surface area contributed by atoms with Crippen LogP contribution in [0.1, 0.15) is 87.5 Å². The normalized spacial score (nSPS) is 36.6. The largest absolute Gasteiger partial charge is 0.492 e. The van der Waals surface area contributed by atoms with Crippen LogP contribution in [0.5, 0.6) is 0 Å². The first-order valence-corrected chi connectivity index (χ1v) is 14.6. The Morgan fingerprint density at radius 1 is 1.15 bits per heavy atom. The summed E-state index contributed by atoms with van der Waals surface area (Å²) in [5, 5.41) is 22.5. The SMILES string of the molecule is CCC(C)C(OC(C)=O)C(C)C1=C(OC)C(=O)C2=C(OC3(C)CCC4OC(C(C)(C)O)CCC4(C)C3C2O)C1=O. The van der Waals surface area contributed by atoms with E-state index < -0.39 is 58.2 Å². The Morgan fingerprint density at radius 2 is 1.80 bits per heavy atom. The van der Waals surface area contributed by atoms with Crippen molar-refractivity contribution < 1.29 is 43.5 Å². The zero-order valence-corrected chi connectivity index (χ0v) is 25.3. The second kappa shape index (κ2) is 10.6. The van der Waals surface area contributed by atoms with E-state index in [9.17, 15) is 24.6 Å². The van der Waals surface area contributed by atoms with Crippen molar-refractivity contribution in [3.05, 3.63) is 22.7 Å². The van der Waals surface area contributed by atoms with Crippen molar-refractivity contribution in [2.45, 2.75) is 123 Å². The summed E-state index contributed by atoms with van der Waals surface area (Å²) in [6, 6.07) is 0. The zero-order valence-electron chi connectivity index (χ0n) is 25.3. The molecule has 1 saturated carbocycles. The van der Waals surface area contributed by atoms with Gasteiger partial charge >= 0.3 is 5.97 Å². The van der Waals surface area contributed by atoms with E-state index in [-0.39, 0.29) is 40.8 Å². The van der Waals surface area contributed by atoms with Crippen LogP contribution in [0.2, 0.25) is 0 Å². The molecule has 9 unspecified atom stereocenters. The highest BCUT2D eigenvalue weighted by Gasteiger charge is 2.65. The lowest BCUT2D eigenvalue weighted by atomic mass is 9.52. The van der Waals surface area contributed by atoms with E-state index in [2.05, 4.69) is 0 Å². The molecule has 4 aliphatic rings. The highest BCUT2D eigenvalue weighted by atomic mass is 16.5. The molecule has 40 heavy (non-hydrogen) atoms. The van der Waals surface area contributed by atoms with E-state index in [0.29, 0.717) is 32.1 Å². The monoisotopic (exact) mass is 562 g/mol. The van der Waals surface area contributed by atoms with Crippen molar-refractivity contribution in [3.63, 3.8) is 0 Å². The van der Waals surface area contributed by atoms with Gasteiger partial charge in [-0.1, -0.05) is 34.1 Å². The summed E-state index contributed by atoms with van der Waals surface area (Å²) >= 11 is 0. The third-order valence-electron chi connectivity index (χ3n) is 10.1. The van der Waals surface area contributed by atoms with Crippen LogP contribution < -0.4 is 0 Å². The lowest BCUT2D eigenvalue weighted by molar-refractivity contribution is -0.260. The molecule has 0 spiro atoms. The predicted octanol–water partition coefficient (Wildman–Crippen LogP) is 3.79. The molecule has 0 amide bonds. The van der Waals surface area contributed by atoms with E-state index in [1.165, 1.54) is 14.0 Å². The van der Waals surface area contributed by atoms with Gasteiger partial charge in [-0.15, -0.1) is 0 Å². The van der Waals surface area contributed by atoms with Crippen molar-refractivity contribution in [1.82, 2.24) is 0 Å². The molecule has 9 nitrogen and oxygen atoms in total. The maximum atomic E-state index is 14.1. The van der Waals surface area contributed by atoms with E-state index >= 15 is 0 Å². The lowest BCUT2D eigenvalue weighted by Crippen LogP contribution is -2.66. The summed E-state index contributed by atoms with van der Waals surface area (Å²) in [6.07, 6.45) is 0.541. The molecule has 2 aliphatic carbocycles. The predicted molar refractivity (Wildman–Crippen MR) is 146 cm³/mol. The Kier molecular flexibility index (Phi) is 8.11. The number of hydrogen-bond donors (Lipinski definition) is 2. The average Bonchev–Trinajstić information content (AvgIpc) is 2.86. The van der Waals surface area contributed by atoms with E-state index in [4.69, 9.17) is 18.9 Å². The van der Waals surface area contributed by atoms with Gasteiger partial charge in [0.15, 0.2) is 11.5 Å². The lowest BCUT2D eigenvalue weighted by Gasteiger charge is -2.61. The maximum absolute atomic E-state index is 14.1. The van der Waals surface area contributed by atoms with Crippen LogP contribution in [-0.2, 0) is 33.3 Å². The molecular weight excluding hydrogens is 516 g/mol. The number of carbonyl (C=O) groups excluding carboxylic acids is 3. The third kappa shape index (κ3) is 4.81. The van der Waals surface area contributed by atoms with Gasteiger partial charge < -0.3 is 29.2 Å². The minimum absolute atomic E-state index is 0.0839. The van der Waals surface area contributed by atoms with Crippen molar-refractivity contribution in [3.8, 4) is 0 Å². The van der Waals surface area contributed by atoms with Gasteiger partial charge in [-0.05, 0) is 52.4 Å². The van der Waals surface area contributed by atoms with Crippen LogP contribution >= 0.6 is 0 Å². The fourth-order valence-electron chi connectivity index (χ4n) is 7.76. The van der Waals surface area contributed by atoms with Crippen LogP contribution in [0.4, 0.5) is 0 Å². The molecule has 9 atom stereocenters. The number of Topliss-reactive ketones (excluding diaryl/α,β-unsaturated/α-hetero) is 2. The molecule has 0 aromatic rings. The number of fused-ring (bicyclic) bond motifs is 3. The van der Waals surface area contributed by atoms with E-state index in [1.807, 2.05) is 27.7 Å². The van der Waals surface area contributed by atoms with Crippen LogP contribution in [0.15, 0.2) is 22.7 Å². The topological polar surface area (TPSA) is 129 Å². The molecule has 2 N–H and O–H groups in total. The summed E-state index contributed by atoms with van der Waals surface area (Å²) in [5.74, 6) is -3.13. The first-order chi connectivity index (χ1) is 18.5. The minimum atomic E-state index is -1.28. The summed E-state index contributed by atoms with van der Waals surface area (Å²) in [7, 11) is 1.33. The standard InChI is InChI=1S/C31H46O9/c1-10-15(2)25(38-17(4)32)16(3)20-22(33)27-21(23(34)26(20)37-9)24(35)28-30(7)13-11-18(29(5,6)36)39-19(30)12-14-31(28,8)40-27/h15-16,18-19,24-25,28,35-36H,10-14H2,1-9H3. The molecule has 9 heteroatoms. The van der Waals surface area contributed by atoms with Gasteiger partial charge in [0.2, 0.25) is 11.6 Å². The first-order valence-electron chi connectivity index (χ1n) is 14.6. The number of hydrogen-bond acceptors (Lipinski definition) is 9. The van der Waals surface area contributed by atoms with Gasteiger partial charge in [0.1, 0.15) is 11.7 Å². The van der Waals surface area contributed by atoms with Crippen LogP contribution in [0, 0.1) is 23.2 Å². The molecule has 0 radical (unpaired) electrons. The molecule has 2 fully saturated rings. The van der Waals surface area contributed by atoms with Gasteiger partial charge in [-0.25, -0.2) is 0 Å². The number of allylic oxidation sites excluding steroid dienone is 2. The molecular formula is C31H46O9. The van der Waals surface area contributed by atoms with Gasteiger partial charge in [-0.3, -0.25) is 14.4 Å². The first kappa shape index (κ1) is 30.7. The zero-order chi connectivity index (χ0) is 29.9. The highest BCUT2D eigenvalue weighted by Crippen LogP contribution is 2.60. The fourth-order valence-corrected chi connectivity index (χ4v) is 7.76. The Morgan fingerprint density at radius 3 is 2.35 bits per heavy atom. The van der Waals surface area contributed by atoms with Crippen molar-refractivity contribution in [1.29, 1.82) is 0 Å². The number of esters is 1. The van der Waals surface area contributed by atoms with Gasteiger partial charge in [0.25, 0.3) is 0 Å². The summed E-state index contributed by atoms with van der Waals surface area (Å²) in [5.41, 5.74) is -2.47. The molecule has 0 aromatic heterocycles. The Hall–Kier alpha value is -2.23. The number of ketones is 2. The quantitative estimate of drug-likeness (QED) is 0.352. The Bertz CT molecular complexity index is 1130. The molecule has 4 rings (SSSR count). The number of aliphatic hydroxyl groups is 2. The second-order valence-corrected chi connectivity index (χ2v) is 13.3. The summed E-state index contributed by atoms with van der Waals surface area (Å²) < 4.78 is 24.1. The van der Waals surface area contributed by atoms with Crippen molar-refractivity contribution in [2.24, 2.45) is 23.2 Å². The maximum Gasteiger partial charge on any atom is 0.302 e. The van der Waals surface area contributed by atoms with Gasteiger partial charge in [-0.2, -0.15) is 0 Å². The van der Waals surface area contributed by atoms with E-state index in [0.717, 1.165) is 0 Å². The van der Waals surface area contributed by atoms with Crippen LogP contribution in [-0.4, -0.2) is 70.5 Å². The number of rotatable bonds is 7. The van der Waals surface area contributed by atoms with Crippen molar-refractivity contribution in [2.75, 3.05) is 7.11 Å². The van der Waals surface area contributed by atoms with E-state index in [1.54, 1.807) is 20.8 Å². The number of methoxy groups -OCH3 is 1. The molecule has 224 valence electrons. The third-order valence-corrected chi connectivity index (χ3v) is 10.1. The summed E-state index contributed by atoms with van der Waals surface area (Å²) in [6.45, 7) is 14.4. The molecule has 0 bridgehead atoms. The van der Waals surface area contributed by atoms with Crippen LogP contribution in [0.25, 0.3) is 0 Å². The molecule has 2 heterocycles. The van der Waals surface area contributed by atoms with Crippen molar-refractivity contribution >= 4 is 17.5 Å². The molecule has 0 aromatic carbocycles. The molecule has 1 saturated heterocycles. The number of aliphatic hydroxyl groups excluding tert-OH is 1. The second-order valence-electron chi connectivity index (χ2n) is 13.3. The minimum Gasteiger partial charge on any atom is -0.492 e. The molecule has 2 aliphatic heterocycles. The summed E-state index contributed by atoms with van der Waals surface area (Å²) in [4.78, 5) is 40.0. The van der Waals surface area contributed by atoms with Gasteiger partial charge in [0.05, 0.1) is 42.2 Å². The van der Waals surface area contributed by atoms with Crippen LogP contribution in [0.3, 0.4) is 0 Å². The smallest absolute Gasteiger partial charge is 0.302 e. The number of ether oxygens (including phenoxy) is 4. The fraction of sp³-hybridized carbons (Fsp3) is 0.774. The average molecular weight is 563 g/mol. The highest BCUT2D eigenvalue weighted by molar-refractivity contribution is 6.24. The van der Waals surface area contributed by atoms with Gasteiger partial charge in [0, 0.05) is 24.2 Å². The number of carbonyl (C=O) groups is 3. The Balaban J connectivity index is 1.74. The Labute approximate surface area is 237 Å².